The van der Waals surface area contributed by atoms with Gasteiger partial charge in [0.25, 0.3) is 0 Å². The fourth-order valence-electron chi connectivity index (χ4n) is 1.07. The van der Waals surface area contributed by atoms with Crippen molar-refractivity contribution in [2.45, 2.75) is 24.4 Å². The van der Waals surface area contributed by atoms with Crippen LogP contribution < -0.4 is 0 Å². The number of rotatable bonds is 1. The molecule has 0 bridgehead atoms. The highest BCUT2D eigenvalue weighted by Crippen LogP contribution is 2.21. The van der Waals surface area contributed by atoms with Crippen LogP contribution in [0, 0.1) is 0 Å². The van der Waals surface area contributed by atoms with Crippen LogP contribution in [0.5, 0.6) is 0 Å². The third-order valence-corrected chi connectivity index (χ3v) is 1.73. The van der Waals surface area contributed by atoms with E-state index in [1.807, 2.05) is 0 Å². The fourth-order valence-corrected chi connectivity index (χ4v) is 1.07. The van der Waals surface area contributed by atoms with Crippen molar-refractivity contribution < 1.29 is 19.3 Å². The lowest BCUT2D eigenvalue weighted by Crippen LogP contribution is -2.30. The lowest BCUT2D eigenvalue weighted by Gasteiger charge is -2.09. The van der Waals surface area contributed by atoms with Gasteiger partial charge in [0, 0.05) is 0 Å². The molecule has 1 saturated heterocycles. The van der Waals surface area contributed by atoms with E-state index in [0.717, 1.165) is 0 Å². The first-order chi connectivity index (χ1) is 4.66. The second-order valence-electron chi connectivity index (χ2n) is 2.50. The maximum atomic E-state index is 12.7. The Labute approximate surface area is 59.2 Å². The largest absolute Gasteiger partial charge is 0.394 e. The Bertz CT molecular complexity index is 123. The van der Waals surface area contributed by atoms with Crippen LogP contribution in [0.1, 0.15) is 0 Å². The molecule has 0 aliphatic carbocycles. The second kappa shape index (κ2) is 2.86. The molecule has 1 heterocycles. The normalized spacial score (nSPS) is 47.9. The van der Waals surface area contributed by atoms with Gasteiger partial charge in [-0.15, -0.1) is 0 Å². The molecule has 0 radical (unpaired) electrons. The van der Waals surface area contributed by atoms with Crippen molar-refractivity contribution in [3.63, 3.8) is 0 Å². The Morgan fingerprint density at radius 1 is 1.60 bits per heavy atom. The molecule has 1 rings (SSSR count). The topological polar surface area (TPSA) is 49.7 Å². The SMILES string of the molecule is B[C@H]1O[C@@H](CO)[C@@H](O)C1F. The van der Waals surface area contributed by atoms with Gasteiger partial charge in [-0.2, -0.15) is 0 Å². The number of ether oxygens (including phenoxy) is 1. The van der Waals surface area contributed by atoms with Crippen LogP contribution in [0.2, 0.25) is 0 Å². The number of halogens is 1. The van der Waals surface area contributed by atoms with Crippen molar-refractivity contribution in [3.8, 4) is 0 Å². The molecule has 4 atom stereocenters. The van der Waals surface area contributed by atoms with Gasteiger partial charge < -0.3 is 14.9 Å². The van der Waals surface area contributed by atoms with Gasteiger partial charge in [-0.1, -0.05) is 0 Å². The zero-order valence-electron chi connectivity index (χ0n) is 5.70. The Hall–Kier alpha value is -0.125. The molecule has 1 aliphatic rings. The minimum atomic E-state index is -1.36. The number of hydrogen-bond donors (Lipinski definition) is 2. The molecule has 0 amide bonds. The van der Waals surface area contributed by atoms with Crippen LogP contribution in [-0.4, -0.2) is 49.0 Å². The average Bonchev–Trinajstić information content (AvgIpc) is 2.17. The predicted molar refractivity (Wildman–Crippen MR) is 35.2 cm³/mol. The van der Waals surface area contributed by atoms with Crippen LogP contribution in [-0.2, 0) is 4.74 Å². The molecule has 1 fully saturated rings. The zero-order valence-corrected chi connectivity index (χ0v) is 5.70. The number of aliphatic hydroxyl groups is 2. The summed E-state index contributed by atoms with van der Waals surface area (Å²) >= 11 is 0. The van der Waals surface area contributed by atoms with Crippen molar-refractivity contribution in [3.05, 3.63) is 0 Å². The first kappa shape index (κ1) is 7.98. The van der Waals surface area contributed by atoms with E-state index in [9.17, 15) is 4.39 Å². The molecule has 0 aromatic heterocycles. The lowest BCUT2D eigenvalue weighted by atomic mass is 9.94. The Morgan fingerprint density at radius 3 is 2.40 bits per heavy atom. The maximum absolute atomic E-state index is 12.7. The van der Waals surface area contributed by atoms with Gasteiger partial charge in [-0.05, 0) is 0 Å². The Kier molecular flexibility index (Phi) is 2.28. The molecule has 0 aromatic carbocycles. The van der Waals surface area contributed by atoms with E-state index in [-0.39, 0.29) is 6.61 Å². The van der Waals surface area contributed by atoms with Gasteiger partial charge in [-0.25, -0.2) is 4.39 Å². The second-order valence-corrected chi connectivity index (χ2v) is 2.50. The first-order valence-electron chi connectivity index (χ1n) is 3.25. The summed E-state index contributed by atoms with van der Waals surface area (Å²) in [4.78, 5) is 0. The fraction of sp³-hybridized carbons (Fsp3) is 1.00. The molecule has 1 unspecified atom stereocenters. The van der Waals surface area contributed by atoms with Gasteiger partial charge in [0.1, 0.15) is 26.2 Å². The van der Waals surface area contributed by atoms with Gasteiger partial charge in [0.15, 0.2) is 0 Å². The molecular formula is C5H10BFO3. The molecule has 0 spiro atoms. The van der Waals surface area contributed by atoms with E-state index < -0.39 is 24.4 Å². The van der Waals surface area contributed by atoms with E-state index in [2.05, 4.69) is 0 Å². The summed E-state index contributed by atoms with van der Waals surface area (Å²) in [5.41, 5.74) is 0. The van der Waals surface area contributed by atoms with E-state index >= 15 is 0 Å². The molecule has 5 heteroatoms. The molecule has 58 valence electrons. The summed E-state index contributed by atoms with van der Waals surface area (Å²) in [6, 6.07) is -0.604. The molecule has 0 saturated carbocycles. The summed E-state index contributed by atoms with van der Waals surface area (Å²) in [7, 11) is 1.53. The van der Waals surface area contributed by atoms with E-state index in [1.165, 1.54) is 7.85 Å². The monoisotopic (exact) mass is 148 g/mol. The van der Waals surface area contributed by atoms with Crippen molar-refractivity contribution >= 4 is 7.85 Å². The highest BCUT2D eigenvalue weighted by atomic mass is 19.1. The van der Waals surface area contributed by atoms with Gasteiger partial charge >= 0.3 is 0 Å². The summed E-state index contributed by atoms with van der Waals surface area (Å²) in [5.74, 6) is 0. The third kappa shape index (κ3) is 1.16. The smallest absolute Gasteiger partial charge is 0.147 e. The molecule has 2 N–H and O–H groups in total. The predicted octanol–water partition coefficient (Wildman–Crippen LogP) is -1.96. The summed E-state index contributed by atoms with van der Waals surface area (Å²) in [6.45, 7) is -0.327. The van der Waals surface area contributed by atoms with E-state index in [0.29, 0.717) is 0 Å². The van der Waals surface area contributed by atoms with Crippen molar-refractivity contribution in [2.24, 2.45) is 0 Å². The van der Waals surface area contributed by atoms with Crippen LogP contribution in [0.25, 0.3) is 0 Å². The molecule has 1 aliphatic heterocycles. The van der Waals surface area contributed by atoms with Crippen LogP contribution in [0.3, 0.4) is 0 Å². The van der Waals surface area contributed by atoms with E-state index in [1.54, 1.807) is 0 Å². The summed E-state index contributed by atoms with van der Waals surface area (Å²) < 4.78 is 17.5. The maximum Gasteiger partial charge on any atom is 0.147 e. The van der Waals surface area contributed by atoms with E-state index in [4.69, 9.17) is 14.9 Å². The number of hydrogen-bond acceptors (Lipinski definition) is 3. The average molecular weight is 148 g/mol. The minimum Gasteiger partial charge on any atom is -0.394 e. The standard InChI is InChI=1S/C5H10BFO3/c6-5-3(7)4(9)2(1-8)10-5/h2-5,8-9H,1,6H2/t2-,3?,4+,5-/m0/s1. The van der Waals surface area contributed by atoms with Crippen molar-refractivity contribution in [1.29, 1.82) is 0 Å². The lowest BCUT2D eigenvalue weighted by molar-refractivity contribution is -0.00566. The quantitative estimate of drug-likeness (QED) is 0.424. The van der Waals surface area contributed by atoms with Crippen LogP contribution >= 0.6 is 0 Å². The minimum absolute atomic E-state index is 0.327. The number of aliphatic hydroxyl groups excluding tert-OH is 2. The Morgan fingerprint density at radius 2 is 2.20 bits per heavy atom. The third-order valence-electron chi connectivity index (χ3n) is 1.73. The molecule has 10 heavy (non-hydrogen) atoms. The first-order valence-corrected chi connectivity index (χ1v) is 3.25. The molecule has 0 aromatic rings. The van der Waals surface area contributed by atoms with Gasteiger partial charge in [0.05, 0.1) is 12.6 Å². The summed E-state index contributed by atoms with van der Waals surface area (Å²) in [5, 5.41) is 17.5. The summed E-state index contributed by atoms with van der Waals surface area (Å²) in [6.07, 6.45) is -3.28. The van der Waals surface area contributed by atoms with Gasteiger partial charge in [-0.3, -0.25) is 0 Å². The zero-order chi connectivity index (χ0) is 7.72. The molecular weight excluding hydrogens is 138 g/mol. The highest BCUT2D eigenvalue weighted by Gasteiger charge is 2.40. The van der Waals surface area contributed by atoms with Gasteiger partial charge in [0.2, 0.25) is 0 Å². The number of alkyl halides is 1. The van der Waals surface area contributed by atoms with Crippen LogP contribution in [0.4, 0.5) is 4.39 Å². The van der Waals surface area contributed by atoms with Crippen molar-refractivity contribution in [2.75, 3.05) is 6.61 Å². The van der Waals surface area contributed by atoms with Crippen molar-refractivity contribution in [1.82, 2.24) is 0 Å². The highest BCUT2D eigenvalue weighted by molar-refractivity contribution is 6.11. The van der Waals surface area contributed by atoms with Crippen LogP contribution in [0.15, 0.2) is 0 Å². The Balaban J connectivity index is 2.53. The molecule has 3 nitrogen and oxygen atoms in total.